The predicted molar refractivity (Wildman–Crippen MR) is 114 cm³/mol. The average molecular weight is 410 g/mol. The van der Waals surface area contributed by atoms with Crippen LogP contribution in [0.1, 0.15) is 35.9 Å². The number of aryl methyl sites for hydroxylation is 1. The third-order valence-electron chi connectivity index (χ3n) is 4.52. The molecule has 1 amide bonds. The van der Waals surface area contributed by atoms with Gasteiger partial charge in [-0.25, -0.2) is 9.97 Å². The van der Waals surface area contributed by atoms with Gasteiger partial charge in [-0.1, -0.05) is 32.0 Å². The van der Waals surface area contributed by atoms with Crippen molar-refractivity contribution in [2.45, 2.75) is 26.0 Å². The number of nitrogens with one attached hydrogen (secondary N) is 1. The number of carbonyl (C=O) groups excluding carboxylic acids is 1. The van der Waals surface area contributed by atoms with E-state index < -0.39 is 0 Å². The number of benzene rings is 1. The van der Waals surface area contributed by atoms with Crippen LogP contribution in [0.2, 0.25) is 0 Å². The fraction of sp³-hybridized carbons (Fsp3) is 0.333. The Morgan fingerprint density at radius 2 is 2.00 bits per heavy atom. The molecule has 1 aromatic carbocycles. The first kappa shape index (κ1) is 19.4. The van der Waals surface area contributed by atoms with Crippen molar-refractivity contribution in [3.8, 4) is 11.7 Å². The minimum atomic E-state index is -0.0928. The van der Waals surface area contributed by atoms with Crippen molar-refractivity contribution in [2.24, 2.45) is 5.92 Å². The van der Waals surface area contributed by atoms with Gasteiger partial charge in [0.05, 0.1) is 23.3 Å². The van der Waals surface area contributed by atoms with E-state index in [0.29, 0.717) is 30.0 Å². The summed E-state index contributed by atoms with van der Waals surface area (Å²) in [5.41, 5.74) is 2.81. The molecule has 150 valence electrons. The van der Waals surface area contributed by atoms with Gasteiger partial charge in [-0.05, 0) is 25.0 Å². The van der Waals surface area contributed by atoms with Gasteiger partial charge in [0.1, 0.15) is 11.6 Å². The van der Waals surface area contributed by atoms with Crippen molar-refractivity contribution < 1.29 is 9.53 Å². The van der Waals surface area contributed by atoms with E-state index in [0.717, 1.165) is 22.6 Å². The summed E-state index contributed by atoms with van der Waals surface area (Å²) in [4.78, 5) is 21.1. The second-order valence-corrected chi connectivity index (χ2v) is 8.38. The highest BCUT2D eigenvalue weighted by Gasteiger charge is 2.32. The molecule has 3 heterocycles. The van der Waals surface area contributed by atoms with Gasteiger partial charge in [0, 0.05) is 23.5 Å². The molecule has 7 nitrogen and oxygen atoms in total. The molecule has 0 aliphatic carbocycles. The van der Waals surface area contributed by atoms with Crippen molar-refractivity contribution in [1.82, 2.24) is 19.7 Å². The number of carbonyl (C=O) groups is 1. The molecule has 1 aliphatic rings. The molecule has 0 saturated carbocycles. The van der Waals surface area contributed by atoms with E-state index >= 15 is 0 Å². The lowest BCUT2D eigenvalue weighted by Gasteiger charge is -2.20. The molecule has 2 aromatic heterocycles. The zero-order valence-corrected chi connectivity index (χ0v) is 17.4. The maximum absolute atomic E-state index is 12.5. The van der Waals surface area contributed by atoms with E-state index in [2.05, 4.69) is 40.3 Å². The van der Waals surface area contributed by atoms with Crippen molar-refractivity contribution in [3.05, 3.63) is 59.5 Å². The molecule has 0 radical (unpaired) electrons. The highest BCUT2D eigenvalue weighted by Crippen LogP contribution is 2.46. The third-order valence-corrected chi connectivity index (χ3v) is 5.77. The first-order valence-corrected chi connectivity index (χ1v) is 10.6. The first-order chi connectivity index (χ1) is 14.0. The zero-order chi connectivity index (χ0) is 20.4. The smallest absolute Gasteiger partial charge is 0.252 e. The highest BCUT2D eigenvalue weighted by molar-refractivity contribution is 8.00. The van der Waals surface area contributed by atoms with Gasteiger partial charge in [0.2, 0.25) is 5.91 Å². The first-order valence-electron chi connectivity index (χ1n) is 9.54. The van der Waals surface area contributed by atoms with Crippen LogP contribution in [0.4, 0.5) is 5.82 Å². The molecule has 1 N–H and O–H groups in total. The van der Waals surface area contributed by atoms with Crippen LogP contribution < -0.4 is 10.1 Å². The van der Waals surface area contributed by atoms with E-state index in [9.17, 15) is 4.79 Å². The topological polar surface area (TPSA) is 81.9 Å². The van der Waals surface area contributed by atoms with Gasteiger partial charge in [-0.15, -0.1) is 11.8 Å². The lowest BCUT2D eigenvalue weighted by molar-refractivity contribution is -0.113. The van der Waals surface area contributed by atoms with Crippen molar-refractivity contribution in [3.63, 3.8) is 0 Å². The van der Waals surface area contributed by atoms with Gasteiger partial charge < -0.3 is 10.1 Å². The Hall–Kier alpha value is -2.87. The van der Waals surface area contributed by atoms with Gasteiger partial charge in [0.25, 0.3) is 5.95 Å². The number of fused-ring (bicyclic) bond motifs is 1. The molecule has 1 aliphatic heterocycles. The van der Waals surface area contributed by atoms with Crippen LogP contribution in [-0.2, 0) is 4.79 Å². The van der Waals surface area contributed by atoms with Crippen molar-refractivity contribution in [2.75, 3.05) is 17.7 Å². The largest absolute Gasteiger partial charge is 0.493 e. The van der Waals surface area contributed by atoms with Crippen molar-refractivity contribution in [1.29, 1.82) is 0 Å². The third kappa shape index (κ3) is 3.98. The lowest BCUT2D eigenvalue weighted by atomic mass is 10.0. The number of aromatic nitrogens is 4. The SMILES string of the molecule is Cc1nn(-c2ncccn2)c2c1[C@@H](c1ccccc1OCC(C)C)SCC(=O)N2. The number of ether oxygens (including phenoxy) is 1. The van der Waals surface area contributed by atoms with Crippen LogP contribution in [-0.4, -0.2) is 38.0 Å². The lowest BCUT2D eigenvalue weighted by Crippen LogP contribution is -2.16. The predicted octanol–water partition coefficient (Wildman–Crippen LogP) is 3.78. The number of hydrogen-bond donors (Lipinski definition) is 1. The van der Waals surface area contributed by atoms with Gasteiger partial charge in [0.15, 0.2) is 0 Å². The summed E-state index contributed by atoms with van der Waals surface area (Å²) in [6, 6.07) is 9.76. The standard InChI is InChI=1S/C21H23N5O2S/c1-13(2)11-28-16-8-5-4-7-15(16)19-18-14(3)25-26(21-22-9-6-10-23-21)20(18)24-17(27)12-29-19/h4-10,13,19H,11-12H2,1-3H3,(H,24,27)/t19-/m1/s1. The number of thioether (sulfide) groups is 1. The molecular weight excluding hydrogens is 386 g/mol. The zero-order valence-electron chi connectivity index (χ0n) is 16.6. The summed E-state index contributed by atoms with van der Waals surface area (Å²) in [5.74, 6) is 2.56. The number of amides is 1. The molecule has 1 atom stereocenters. The fourth-order valence-corrected chi connectivity index (χ4v) is 4.47. The highest BCUT2D eigenvalue weighted by atomic mass is 32.2. The Kier molecular flexibility index (Phi) is 5.53. The van der Waals surface area contributed by atoms with Crippen LogP contribution >= 0.6 is 11.8 Å². The number of hydrogen-bond acceptors (Lipinski definition) is 6. The van der Waals surface area contributed by atoms with Gasteiger partial charge in [-0.3, -0.25) is 4.79 Å². The molecule has 0 saturated heterocycles. The fourth-order valence-electron chi connectivity index (χ4n) is 3.26. The maximum Gasteiger partial charge on any atom is 0.252 e. The summed E-state index contributed by atoms with van der Waals surface area (Å²) in [6.07, 6.45) is 3.32. The van der Waals surface area contributed by atoms with Crippen LogP contribution in [0.15, 0.2) is 42.7 Å². The summed E-state index contributed by atoms with van der Waals surface area (Å²) >= 11 is 1.57. The molecule has 3 aromatic rings. The normalized spacial score (nSPS) is 16.3. The Labute approximate surface area is 173 Å². The quantitative estimate of drug-likeness (QED) is 0.691. The van der Waals surface area contributed by atoms with Crippen molar-refractivity contribution >= 4 is 23.5 Å². The molecule has 8 heteroatoms. The molecule has 0 bridgehead atoms. The average Bonchev–Trinajstić information content (AvgIpc) is 2.93. The Bertz CT molecular complexity index is 1020. The Morgan fingerprint density at radius 1 is 1.24 bits per heavy atom. The summed E-state index contributed by atoms with van der Waals surface area (Å²) < 4.78 is 7.71. The maximum atomic E-state index is 12.5. The van der Waals surface area contributed by atoms with E-state index in [1.54, 1.807) is 34.9 Å². The molecule has 29 heavy (non-hydrogen) atoms. The second-order valence-electron chi connectivity index (χ2n) is 7.29. The van der Waals surface area contributed by atoms with E-state index in [1.165, 1.54) is 0 Å². The van der Waals surface area contributed by atoms with Gasteiger partial charge in [-0.2, -0.15) is 9.78 Å². The molecule has 0 fully saturated rings. The minimum absolute atomic E-state index is 0.0728. The van der Waals surface area contributed by atoms with E-state index in [4.69, 9.17) is 4.74 Å². The van der Waals surface area contributed by atoms with Crippen LogP contribution in [0.3, 0.4) is 0 Å². The monoisotopic (exact) mass is 409 g/mol. The number of rotatable bonds is 5. The second kappa shape index (κ2) is 8.24. The van der Waals surface area contributed by atoms with Crippen LogP contribution in [0.25, 0.3) is 5.95 Å². The Balaban J connectivity index is 1.83. The van der Waals surface area contributed by atoms with Crippen LogP contribution in [0.5, 0.6) is 5.75 Å². The van der Waals surface area contributed by atoms with E-state index in [1.807, 2.05) is 25.1 Å². The molecule has 0 spiro atoms. The van der Waals surface area contributed by atoms with Gasteiger partial charge >= 0.3 is 0 Å². The molecule has 0 unspecified atom stereocenters. The summed E-state index contributed by atoms with van der Waals surface area (Å²) in [6.45, 7) is 6.82. The number of anilines is 1. The van der Waals surface area contributed by atoms with Crippen LogP contribution in [0, 0.1) is 12.8 Å². The summed E-state index contributed by atoms with van der Waals surface area (Å²) in [7, 11) is 0. The minimum Gasteiger partial charge on any atom is -0.493 e. The summed E-state index contributed by atoms with van der Waals surface area (Å²) in [5, 5.41) is 7.55. The van der Waals surface area contributed by atoms with E-state index in [-0.39, 0.29) is 11.2 Å². The number of nitrogens with zero attached hydrogens (tertiary/aromatic N) is 4. The molecular formula is C21H23N5O2S. The Morgan fingerprint density at radius 3 is 2.76 bits per heavy atom. The molecule has 4 rings (SSSR count). The number of para-hydroxylation sites is 1.